The minimum atomic E-state index is 0.429. The predicted molar refractivity (Wildman–Crippen MR) is 58.2 cm³/mol. The SMILES string of the molecule is CCC(NC(C)C)c1nc(C)cs1. The Kier molecular flexibility index (Phi) is 3.88. The van der Waals surface area contributed by atoms with Crippen molar-refractivity contribution in [3.8, 4) is 0 Å². The lowest BCUT2D eigenvalue weighted by Gasteiger charge is -2.17. The summed E-state index contributed by atoms with van der Waals surface area (Å²) in [6, 6.07) is 0.952. The highest BCUT2D eigenvalue weighted by Gasteiger charge is 2.12. The van der Waals surface area contributed by atoms with Crippen LogP contribution in [0.2, 0.25) is 0 Å². The maximum absolute atomic E-state index is 4.49. The molecule has 0 saturated heterocycles. The van der Waals surface area contributed by atoms with Crippen LogP contribution in [0.5, 0.6) is 0 Å². The highest BCUT2D eigenvalue weighted by Crippen LogP contribution is 2.20. The quantitative estimate of drug-likeness (QED) is 0.804. The number of aromatic nitrogens is 1. The van der Waals surface area contributed by atoms with E-state index in [0.717, 1.165) is 12.1 Å². The Morgan fingerprint density at radius 3 is 2.62 bits per heavy atom. The molecule has 0 amide bonds. The van der Waals surface area contributed by atoms with Gasteiger partial charge in [-0.1, -0.05) is 20.8 Å². The van der Waals surface area contributed by atoms with Crippen LogP contribution in [0.3, 0.4) is 0 Å². The number of aryl methyl sites for hydroxylation is 1. The molecule has 74 valence electrons. The monoisotopic (exact) mass is 198 g/mol. The van der Waals surface area contributed by atoms with Gasteiger partial charge in [-0.15, -0.1) is 11.3 Å². The van der Waals surface area contributed by atoms with Crippen molar-refractivity contribution >= 4 is 11.3 Å². The molecule has 1 atom stereocenters. The molecule has 1 N–H and O–H groups in total. The van der Waals surface area contributed by atoms with Gasteiger partial charge in [0.1, 0.15) is 5.01 Å². The predicted octanol–water partition coefficient (Wildman–Crippen LogP) is 2.90. The van der Waals surface area contributed by atoms with E-state index in [9.17, 15) is 0 Å². The molecule has 13 heavy (non-hydrogen) atoms. The fraction of sp³-hybridized carbons (Fsp3) is 0.700. The molecule has 1 unspecified atom stereocenters. The summed E-state index contributed by atoms with van der Waals surface area (Å²) >= 11 is 1.75. The molecule has 1 aromatic rings. The number of nitrogens with zero attached hydrogens (tertiary/aromatic N) is 1. The zero-order chi connectivity index (χ0) is 9.84. The molecular weight excluding hydrogens is 180 g/mol. The first kappa shape index (κ1) is 10.7. The maximum Gasteiger partial charge on any atom is 0.110 e. The van der Waals surface area contributed by atoms with Crippen LogP contribution in [-0.4, -0.2) is 11.0 Å². The van der Waals surface area contributed by atoms with E-state index in [4.69, 9.17) is 0 Å². The number of thiazole rings is 1. The van der Waals surface area contributed by atoms with Crippen LogP contribution < -0.4 is 5.32 Å². The molecule has 0 aliphatic heterocycles. The van der Waals surface area contributed by atoms with E-state index in [-0.39, 0.29) is 0 Å². The molecule has 1 rings (SSSR count). The average molecular weight is 198 g/mol. The average Bonchev–Trinajstić information content (AvgIpc) is 2.47. The van der Waals surface area contributed by atoms with Gasteiger partial charge in [-0.2, -0.15) is 0 Å². The lowest BCUT2D eigenvalue weighted by Crippen LogP contribution is -2.27. The molecule has 0 fully saturated rings. The second kappa shape index (κ2) is 4.72. The first-order valence-corrected chi connectivity index (χ1v) is 5.69. The lowest BCUT2D eigenvalue weighted by atomic mass is 10.2. The zero-order valence-corrected chi connectivity index (χ0v) is 9.61. The Hall–Kier alpha value is -0.410. The minimum Gasteiger partial charge on any atom is -0.306 e. The lowest BCUT2D eigenvalue weighted by molar-refractivity contribution is 0.464. The van der Waals surface area contributed by atoms with Crippen LogP contribution in [0, 0.1) is 6.92 Å². The number of rotatable bonds is 4. The maximum atomic E-state index is 4.49. The van der Waals surface area contributed by atoms with Gasteiger partial charge >= 0.3 is 0 Å². The molecule has 0 radical (unpaired) electrons. The van der Waals surface area contributed by atoms with Gasteiger partial charge in [-0.05, 0) is 13.3 Å². The van der Waals surface area contributed by atoms with Crippen molar-refractivity contribution in [3.05, 3.63) is 16.1 Å². The summed E-state index contributed by atoms with van der Waals surface area (Å²) < 4.78 is 0. The van der Waals surface area contributed by atoms with Gasteiger partial charge in [-0.3, -0.25) is 0 Å². The van der Waals surface area contributed by atoms with E-state index in [1.807, 2.05) is 6.92 Å². The van der Waals surface area contributed by atoms with E-state index in [1.54, 1.807) is 11.3 Å². The highest BCUT2D eigenvalue weighted by molar-refractivity contribution is 7.09. The van der Waals surface area contributed by atoms with Gasteiger partial charge in [0.2, 0.25) is 0 Å². The molecular formula is C10H18N2S. The third-order valence-corrected chi connectivity index (χ3v) is 2.95. The number of hydrogen-bond acceptors (Lipinski definition) is 3. The highest BCUT2D eigenvalue weighted by atomic mass is 32.1. The van der Waals surface area contributed by atoms with E-state index < -0.39 is 0 Å². The van der Waals surface area contributed by atoms with Crippen molar-refractivity contribution < 1.29 is 0 Å². The fourth-order valence-corrected chi connectivity index (χ4v) is 2.24. The van der Waals surface area contributed by atoms with Crippen LogP contribution in [-0.2, 0) is 0 Å². The molecule has 1 heterocycles. The largest absolute Gasteiger partial charge is 0.306 e. The first-order valence-electron chi connectivity index (χ1n) is 4.81. The Balaban J connectivity index is 2.66. The molecule has 0 aliphatic rings. The first-order chi connectivity index (χ1) is 6.13. The zero-order valence-electron chi connectivity index (χ0n) is 8.79. The molecule has 3 heteroatoms. The second-order valence-electron chi connectivity index (χ2n) is 3.61. The number of hydrogen-bond donors (Lipinski definition) is 1. The summed E-state index contributed by atoms with van der Waals surface area (Å²) in [5.41, 5.74) is 1.13. The van der Waals surface area contributed by atoms with Gasteiger partial charge < -0.3 is 5.32 Å². The van der Waals surface area contributed by atoms with E-state index in [1.165, 1.54) is 5.01 Å². The summed E-state index contributed by atoms with van der Waals surface area (Å²) in [7, 11) is 0. The fourth-order valence-electron chi connectivity index (χ4n) is 1.30. The Morgan fingerprint density at radius 1 is 1.54 bits per heavy atom. The van der Waals surface area contributed by atoms with Crippen LogP contribution in [0.15, 0.2) is 5.38 Å². The summed E-state index contributed by atoms with van der Waals surface area (Å²) in [6.07, 6.45) is 1.10. The van der Waals surface area contributed by atoms with Gasteiger partial charge in [0.25, 0.3) is 0 Å². The molecule has 0 spiro atoms. The van der Waals surface area contributed by atoms with Crippen molar-refractivity contribution in [1.82, 2.24) is 10.3 Å². The smallest absolute Gasteiger partial charge is 0.110 e. The van der Waals surface area contributed by atoms with Crippen LogP contribution in [0.1, 0.15) is 43.9 Å². The molecule has 0 aromatic carbocycles. The third-order valence-electron chi connectivity index (χ3n) is 1.88. The molecule has 2 nitrogen and oxygen atoms in total. The number of nitrogens with one attached hydrogen (secondary N) is 1. The van der Waals surface area contributed by atoms with Crippen molar-refractivity contribution in [3.63, 3.8) is 0 Å². The minimum absolute atomic E-state index is 0.429. The molecule has 0 saturated carbocycles. The van der Waals surface area contributed by atoms with Gasteiger partial charge in [-0.25, -0.2) is 4.98 Å². The van der Waals surface area contributed by atoms with Crippen LogP contribution in [0.25, 0.3) is 0 Å². The van der Waals surface area contributed by atoms with E-state index in [0.29, 0.717) is 12.1 Å². The van der Waals surface area contributed by atoms with Crippen molar-refractivity contribution in [2.75, 3.05) is 0 Å². The Bertz CT molecular complexity index is 255. The Labute approximate surface area is 84.4 Å². The van der Waals surface area contributed by atoms with E-state index >= 15 is 0 Å². The molecule has 0 aliphatic carbocycles. The van der Waals surface area contributed by atoms with Crippen molar-refractivity contribution in [1.29, 1.82) is 0 Å². The molecule has 1 aromatic heterocycles. The summed E-state index contributed by atoms with van der Waals surface area (Å²) in [6.45, 7) is 8.57. The van der Waals surface area contributed by atoms with E-state index in [2.05, 4.69) is 36.5 Å². The third kappa shape index (κ3) is 3.08. The Morgan fingerprint density at radius 2 is 2.23 bits per heavy atom. The normalized spacial score (nSPS) is 13.6. The summed E-state index contributed by atoms with van der Waals surface area (Å²) in [5, 5.41) is 6.83. The molecule has 0 bridgehead atoms. The van der Waals surface area contributed by atoms with Gasteiger partial charge in [0.05, 0.1) is 6.04 Å². The van der Waals surface area contributed by atoms with Crippen molar-refractivity contribution in [2.24, 2.45) is 0 Å². The van der Waals surface area contributed by atoms with Crippen LogP contribution in [0.4, 0.5) is 0 Å². The summed E-state index contributed by atoms with van der Waals surface area (Å²) in [4.78, 5) is 4.49. The van der Waals surface area contributed by atoms with Crippen molar-refractivity contribution in [2.45, 2.75) is 46.2 Å². The second-order valence-corrected chi connectivity index (χ2v) is 4.50. The van der Waals surface area contributed by atoms with Gasteiger partial charge in [0.15, 0.2) is 0 Å². The van der Waals surface area contributed by atoms with Gasteiger partial charge in [0, 0.05) is 17.1 Å². The topological polar surface area (TPSA) is 24.9 Å². The van der Waals surface area contributed by atoms with Crippen LogP contribution >= 0.6 is 11.3 Å². The summed E-state index contributed by atoms with van der Waals surface area (Å²) in [5.74, 6) is 0. The standard InChI is InChI=1S/C10H18N2S/c1-5-9(11-7(2)3)10-12-8(4)6-13-10/h6-7,9,11H,5H2,1-4H3.